The van der Waals surface area contributed by atoms with Crippen LogP contribution in [0.2, 0.25) is 0 Å². The lowest BCUT2D eigenvalue weighted by molar-refractivity contribution is 0.567. The van der Waals surface area contributed by atoms with E-state index >= 15 is 0 Å². The molecule has 0 amide bonds. The minimum absolute atomic E-state index is 0.344. The first-order valence-electron chi connectivity index (χ1n) is 6.90. The van der Waals surface area contributed by atoms with Gasteiger partial charge in [0.1, 0.15) is 10.0 Å². The van der Waals surface area contributed by atoms with Crippen LogP contribution >= 0.6 is 22.7 Å². The summed E-state index contributed by atoms with van der Waals surface area (Å²) in [6.07, 6.45) is 4.79. The molecule has 1 N–H and O–H groups in total. The number of aromatic nitrogens is 2. The zero-order valence-electron chi connectivity index (χ0n) is 11.3. The highest BCUT2D eigenvalue weighted by Crippen LogP contribution is 2.40. The SMILES string of the molecule is CCC(NC)c1nnc(C2CCCc3sccc32)s1. The summed E-state index contributed by atoms with van der Waals surface area (Å²) in [4.78, 5) is 1.55. The summed E-state index contributed by atoms with van der Waals surface area (Å²) in [6.45, 7) is 2.18. The summed E-state index contributed by atoms with van der Waals surface area (Å²) in [5, 5.41) is 16.7. The van der Waals surface area contributed by atoms with Crippen molar-refractivity contribution in [1.82, 2.24) is 15.5 Å². The highest BCUT2D eigenvalue weighted by Gasteiger charge is 2.26. The molecule has 0 radical (unpaired) electrons. The first-order chi connectivity index (χ1) is 9.33. The van der Waals surface area contributed by atoms with Gasteiger partial charge in [-0.3, -0.25) is 0 Å². The number of nitrogens with zero attached hydrogens (tertiary/aromatic N) is 2. The fraction of sp³-hybridized carbons (Fsp3) is 0.571. The Morgan fingerprint density at radius 3 is 3.16 bits per heavy atom. The van der Waals surface area contributed by atoms with Gasteiger partial charge in [0.05, 0.1) is 6.04 Å². The van der Waals surface area contributed by atoms with Crippen molar-refractivity contribution in [3.8, 4) is 0 Å². The van der Waals surface area contributed by atoms with E-state index in [1.165, 1.54) is 29.8 Å². The van der Waals surface area contributed by atoms with Crippen molar-refractivity contribution in [2.45, 2.75) is 44.6 Å². The molecule has 102 valence electrons. The molecule has 0 aliphatic heterocycles. The van der Waals surface area contributed by atoms with Gasteiger partial charge in [-0.25, -0.2) is 0 Å². The van der Waals surface area contributed by atoms with E-state index in [0.29, 0.717) is 12.0 Å². The number of hydrogen-bond acceptors (Lipinski definition) is 5. The van der Waals surface area contributed by atoms with Gasteiger partial charge in [-0.2, -0.15) is 0 Å². The molecule has 2 heterocycles. The molecule has 0 aromatic carbocycles. The third kappa shape index (κ3) is 2.47. The predicted molar refractivity (Wildman–Crippen MR) is 81.1 cm³/mol. The summed E-state index contributed by atoms with van der Waals surface area (Å²) >= 11 is 3.67. The first-order valence-corrected chi connectivity index (χ1v) is 8.60. The number of hydrogen-bond donors (Lipinski definition) is 1. The minimum atomic E-state index is 0.344. The third-order valence-electron chi connectivity index (χ3n) is 3.86. The molecule has 1 aliphatic rings. The second-order valence-electron chi connectivity index (χ2n) is 4.97. The van der Waals surface area contributed by atoms with Crippen molar-refractivity contribution in [1.29, 1.82) is 0 Å². The Kier molecular flexibility index (Phi) is 3.96. The average molecular weight is 293 g/mol. The molecule has 2 aromatic rings. The van der Waals surface area contributed by atoms with E-state index in [0.717, 1.165) is 11.4 Å². The predicted octanol–water partition coefficient (Wildman–Crippen LogP) is 3.74. The van der Waals surface area contributed by atoms with Crippen molar-refractivity contribution in [3.05, 3.63) is 31.9 Å². The molecular formula is C14H19N3S2. The van der Waals surface area contributed by atoms with Crippen LogP contribution in [0.3, 0.4) is 0 Å². The zero-order chi connectivity index (χ0) is 13.2. The van der Waals surface area contributed by atoms with E-state index in [-0.39, 0.29) is 0 Å². The maximum atomic E-state index is 4.47. The Labute approximate surface area is 122 Å². The maximum Gasteiger partial charge on any atom is 0.134 e. The van der Waals surface area contributed by atoms with E-state index in [1.807, 2.05) is 18.4 Å². The molecule has 1 aliphatic carbocycles. The standard InChI is InChI=1S/C14H19N3S2/c1-3-11(15-2)14-17-16-13(19-14)10-5-4-6-12-9(10)7-8-18-12/h7-8,10-11,15H,3-6H2,1-2H3. The Hall–Kier alpha value is -0.780. The van der Waals surface area contributed by atoms with Crippen molar-refractivity contribution >= 4 is 22.7 Å². The maximum absolute atomic E-state index is 4.47. The van der Waals surface area contributed by atoms with Crippen LogP contribution in [0.5, 0.6) is 0 Å². The largest absolute Gasteiger partial charge is 0.311 e. The minimum Gasteiger partial charge on any atom is -0.311 e. The fourth-order valence-electron chi connectivity index (χ4n) is 2.77. The topological polar surface area (TPSA) is 37.8 Å². The molecule has 0 spiro atoms. The molecule has 5 heteroatoms. The Balaban J connectivity index is 1.88. The highest BCUT2D eigenvalue weighted by atomic mass is 32.1. The quantitative estimate of drug-likeness (QED) is 0.933. The van der Waals surface area contributed by atoms with E-state index in [4.69, 9.17) is 0 Å². The van der Waals surface area contributed by atoms with Gasteiger partial charge in [0.2, 0.25) is 0 Å². The van der Waals surface area contributed by atoms with Crippen LogP contribution in [-0.2, 0) is 6.42 Å². The van der Waals surface area contributed by atoms with Crippen LogP contribution in [0.15, 0.2) is 11.4 Å². The van der Waals surface area contributed by atoms with E-state index in [9.17, 15) is 0 Å². The summed E-state index contributed by atoms with van der Waals surface area (Å²) in [5.41, 5.74) is 1.50. The second-order valence-corrected chi connectivity index (χ2v) is 7.01. The van der Waals surface area contributed by atoms with Crippen LogP contribution in [0.4, 0.5) is 0 Å². The molecule has 0 fully saturated rings. The van der Waals surface area contributed by atoms with Gasteiger partial charge in [-0.05, 0) is 49.7 Å². The van der Waals surface area contributed by atoms with Crippen LogP contribution in [-0.4, -0.2) is 17.2 Å². The lowest BCUT2D eigenvalue weighted by Crippen LogP contribution is -2.14. The van der Waals surface area contributed by atoms with Gasteiger partial charge < -0.3 is 5.32 Å². The first kappa shape index (κ1) is 13.2. The molecule has 0 saturated heterocycles. The summed E-state index contributed by atoms with van der Waals surface area (Å²) in [6, 6.07) is 2.62. The molecule has 19 heavy (non-hydrogen) atoms. The fourth-order valence-corrected chi connectivity index (χ4v) is 4.95. The second kappa shape index (κ2) is 5.69. The van der Waals surface area contributed by atoms with Gasteiger partial charge in [0.15, 0.2) is 0 Å². The molecule has 3 nitrogen and oxygen atoms in total. The van der Waals surface area contributed by atoms with Gasteiger partial charge in [-0.15, -0.1) is 21.5 Å². The van der Waals surface area contributed by atoms with Crippen molar-refractivity contribution in [3.63, 3.8) is 0 Å². The van der Waals surface area contributed by atoms with Crippen molar-refractivity contribution in [2.24, 2.45) is 0 Å². The smallest absolute Gasteiger partial charge is 0.134 e. The summed E-state index contributed by atoms with van der Waals surface area (Å²) in [5.74, 6) is 0.482. The van der Waals surface area contributed by atoms with Crippen molar-refractivity contribution in [2.75, 3.05) is 7.05 Å². The highest BCUT2D eigenvalue weighted by molar-refractivity contribution is 7.11. The summed E-state index contributed by atoms with van der Waals surface area (Å²) in [7, 11) is 1.99. The van der Waals surface area contributed by atoms with E-state index < -0.39 is 0 Å². The number of rotatable bonds is 4. The molecule has 2 unspecified atom stereocenters. The molecule has 3 rings (SSSR count). The van der Waals surface area contributed by atoms with Crippen LogP contribution in [0.1, 0.15) is 58.6 Å². The average Bonchev–Trinajstić information content (AvgIpc) is 3.08. The number of thiophene rings is 1. The van der Waals surface area contributed by atoms with Gasteiger partial charge in [0, 0.05) is 10.8 Å². The van der Waals surface area contributed by atoms with Crippen molar-refractivity contribution < 1.29 is 0 Å². The molecule has 0 bridgehead atoms. The molecule has 2 atom stereocenters. The lowest BCUT2D eigenvalue weighted by Gasteiger charge is -2.19. The summed E-state index contributed by atoms with van der Waals surface area (Å²) < 4.78 is 0. The van der Waals surface area contributed by atoms with E-state index in [2.05, 4.69) is 33.9 Å². The monoisotopic (exact) mass is 293 g/mol. The van der Waals surface area contributed by atoms with Gasteiger partial charge >= 0.3 is 0 Å². The van der Waals surface area contributed by atoms with Gasteiger partial charge in [-0.1, -0.05) is 18.3 Å². The normalized spacial score (nSPS) is 20.2. The number of fused-ring (bicyclic) bond motifs is 1. The molecule has 0 saturated carbocycles. The Bertz CT molecular complexity index is 542. The third-order valence-corrected chi connectivity index (χ3v) is 6.01. The van der Waals surface area contributed by atoms with E-state index in [1.54, 1.807) is 16.2 Å². The number of aryl methyl sites for hydroxylation is 1. The van der Waals surface area contributed by atoms with Gasteiger partial charge in [0.25, 0.3) is 0 Å². The molecular weight excluding hydrogens is 274 g/mol. The molecule has 2 aromatic heterocycles. The number of nitrogens with one attached hydrogen (secondary N) is 1. The van der Waals surface area contributed by atoms with Crippen LogP contribution in [0.25, 0.3) is 0 Å². The lowest BCUT2D eigenvalue weighted by atomic mass is 9.88. The Morgan fingerprint density at radius 2 is 2.37 bits per heavy atom. The van der Waals surface area contributed by atoms with Crippen LogP contribution in [0, 0.1) is 0 Å². The Morgan fingerprint density at radius 1 is 1.47 bits per heavy atom. The zero-order valence-corrected chi connectivity index (χ0v) is 13.0. The van der Waals surface area contributed by atoms with Crippen LogP contribution < -0.4 is 5.32 Å².